The molecule has 0 spiro atoms. The molecule has 0 heterocycles. The Labute approximate surface area is 71.7 Å². The van der Waals surface area contributed by atoms with Gasteiger partial charge in [-0.05, 0) is 12.1 Å². The van der Waals surface area contributed by atoms with Gasteiger partial charge < -0.3 is 4.74 Å². The SMILES string of the molecule is Fc1ccc(Cl)cc1OC(F)F. The maximum absolute atomic E-state index is 12.6. The van der Waals surface area contributed by atoms with Crippen LogP contribution in [0.15, 0.2) is 18.2 Å². The largest absolute Gasteiger partial charge is 0.432 e. The third-order valence-corrected chi connectivity index (χ3v) is 1.34. The van der Waals surface area contributed by atoms with Crippen LogP contribution in [0.1, 0.15) is 0 Å². The van der Waals surface area contributed by atoms with Gasteiger partial charge in [-0.15, -0.1) is 0 Å². The van der Waals surface area contributed by atoms with Gasteiger partial charge in [0.1, 0.15) is 0 Å². The summed E-state index contributed by atoms with van der Waals surface area (Å²) in [6, 6.07) is 3.19. The van der Waals surface area contributed by atoms with Gasteiger partial charge in [0.25, 0.3) is 0 Å². The maximum Gasteiger partial charge on any atom is 0.387 e. The van der Waals surface area contributed by atoms with Gasteiger partial charge in [0.05, 0.1) is 0 Å². The van der Waals surface area contributed by atoms with Crippen LogP contribution < -0.4 is 4.74 Å². The van der Waals surface area contributed by atoms with E-state index < -0.39 is 18.2 Å². The first-order chi connectivity index (χ1) is 5.59. The van der Waals surface area contributed by atoms with E-state index in [1.807, 2.05) is 0 Å². The van der Waals surface area contributed by atoms with Crippen LogP contribution in [-0.2, 0) is 0 Å². The second-order valence-corrected chi connectivity index (χ2v) is 2.39. The summed E-state index contributed by atoms with van der Waals surface area (Å²) in [6.45, 7) is -3.04. The lowest BCUT2D eigenvalue weighted by Crippen LogP contribution is -2.03. The molecule has 12 heavy (non-hydrogen) atoms. The average molecular weight is 197 g/mol. The van der Waals surface area contributed by atoms with Crippen molar-refractivity contribution < 1.29 is 17.9 Å². The molecule has 0 saturated carbocycles. The predicted molar refractivity (Wildman–Crippen MR) is 38.0 cm³/mol. The van der Waals surface area contributed by atoms with Crippen LogP contribution in [0.3, 0.4) is 0 Å². The van der Waals surface area contributed by atoms with E-state index in [1.165, 1.54) is 6.07 Å². The second-order valence-electron chi connectivity index (χ2n) is 1.95. The van der Waals surface area contributed by atoms with Crippen molar-refractivity contribution in [3.05, 3.63) is 29.0 Å². The average Bonchev–Trinajstić information content (AvgIpc) is 1.96. The van der Waals surface area contributed by atoms with Gasteiger partial charge >= 0.3 is 6.61 Å². The van der Waals surface area contributed by atoms with Gasteiger partial charge in [0, 0.05) is 11.1 Å². The molecule has 0 saturated heterocycles. The third-order valence-electron chi connectivity index (χ3n) is 1.11. The van der Waals surface area contributed by atoms with E-state index in [4.69, 9.17) is 11.6 Å². The van der Waals surface area contributed by atoms with E-state index in [1.54, 1.807) is 0 Å². The van der Waals surface area contributed by atoms with E-state index in [-0.39, 0.29) is 5.02 Å². The van der Waals surface area contributed by atoms with Crippen molar-refractivity contribution in [1.29, 1.82) is 0 Å². The highest BCUT2D eigenvalue weighted by atomic mass is 35.5. The number of benzene rings is 1. The van der Waals surface area contributed by atoms with Gasteiger partial charge in [0.2, 0.25) is 0 Å². The monoisotopic (exact) mass is 196 g/mol. The highest BCUT2D eigenvalue weighted by Crippen LogP contribution is 2.23. The first-order valence-electron chi connectivity index (χ1n) is 2.99. The predicted octanol–water partition coefficient (Wildman–Crippen LogP) is 3.08. The number of hydrogen-bond acceptors (Lipinski definition) is 1. The van der Waals surface area contributed by atoms with Crippen LogP contribution in [0.4, 0.5) is 13.2 Å². The molecule has 0 bridgehead atoms. The van der Waals surface area contributed by atoms with Crippen molar-refractivity contribution >= 4 is 11.6 Å². The minimum Gasteiger partial charge on any atom is -0.432 e. The molecule has 0 aliphatic heterocycles. The molecule has 0 unspecified atom stereocenters. The smallest absolute Gasteiger partial charge is 0.387 e. The fourth-order valence-electron chi connectivity index (χ4n) is 0.663. The molecule has 1 nitrogen and oxygen atoms in total. The fourth-order valence-corrected chi connectivity index (χ4v) is 0.826. The lowest BCUT2D eigenvalue weighted by atomic mass is 10.3. The Morgan fingerprint density at radius 1 is 1.33 bits per heavy atom. The van der Waals surface area contributed by atoms with E-state index in [9.17, 15) is 13.2 Å². The zero-order chi connectivity index (χ0) is 9.14. The third kappa shape index (κ3) is 2.30. The molecule has 0 amide bonds. The van der Waals surface area contributed by atoms with Gasteiger partial charge in [-0.3, -0.25) is 0 Å². The van der Waals surface area contributed by atoms with Crippen molar-refractivity contribution in [2.75, 3.05) is 0 Å². The molecule has 0 aliphatic carbocycles. The molecule has 66 valence electrons. The van der Waals surface area contributed by atoms with Crippen LogP contribution in [0.25, 0.3) is 0 Å². The summed E-state index contributed by atoms with van der Waals surface area (Å²) in [4.78, 5) is 0. The maximum atomic E-state index is 12.6. The summed E-state index contributed by atoms with van der Waals surface area (Å²) in [5.41, 5.74) is 0. The summed E-state index contributed by atoms with van der Waals surface area (Å²) >= 11 is 5.41. The van der Waals surface area contributed by atoms with Crippen LogP contribution >= 0.6 is 11.6 Å². The van der Waals surface area contributed by atoms with Crippen LogP contribution in [0.5, 0.6) is 5.75 Å². The van der Waals surface area contributed by atoms with Crippen LogP contribution in [0.2, 0.25) is 5.02 Å². The van der Waals surface area contributed by atoms with Gasteiger partial charge in [-0.1, -0.05) is 11.6 Å². The molecule has 0 aromatic heterocycles. The summed E-state index contributed by atoms with van der Waals surface area (Å²) in [5.74, 6) is -1.41. The number of alkyl halides is 2. The van der Waals surface area contributed by atoms with Crippen molar-refractivity contribution in [3.8, 4) is 5.75 Å². The Balaban J connectivity index is 2.90. The quantitative estimate of drug-likeness (QED) is 0.706. The molecule has 1 aromatic rings. The molecular weight excluding hydrogens is 193 g/mol. The topological polar surface area (TPSA) is 9.23 Å². The van der Waals surface area contributed by atoms with Crippen molar-refractivity contribution in [2.45, 2.75) is 6.61 Å². The minimum atomic E-state index is -3.04. The zero-order valence-corrected chi connectivity index (χ0v) is 6.49. The molecule has 0 aliphatic rings. The first kappa shape index (κ1) is 9.19. The normalized spacial score (nSPS) is 10.4. The van der Waals surface area contributed by atoms with Crippen molar-refractivity contribution in [2.24, 2.45) is 0 Å². The summed E-state index contributed by atoms with van der Waals surface area (Å²) in [5, 5.41) is 0.145. The number of hydrogen-bond donors (Lipinski definition) is 0. The van der Waals surface area contributed by atoms with Gasteiger partial charge in [0.15, 0.2) is 11.6 Å². The summed E-state index contributed by atoms with van der Waals surface area (Å²) in [6.07, 6.45) is 0. The molecule has 0 atom stereocenters. The van der Waals surface area contributed by atoms with Crippen LogP contribution in [0, 0.1) is 5.82 Å². The highest BCUT2D eigenvalue weighted by molar-refractivity contribution is 6.30. The lowest BCUT2D eigenvalue weighted by Gasteiger charge is -2.04. The van der Waals surface area contributed by atoms with Crippen molar-refractivity contribution in [1.82, 2.24) is 0 Å². The zero-order valence-electron chi connectivity index (χ0n) is 5.73. The summed E-state index contributed by atoms with van der Waals surface area (Å²) < 4.78 is 39.6. The van der Waals surface area contributed by atoms with E-state index >= 15 is 0 Å². The van der Waals surface area contributed by atoms with Gasteiger partial charge in [-0.25, -0.2) is 4.39 Å². The molecule has 0 fully saturated rings. The molecule has 1 aromatic carbocycles. The Kier molecular flexibility index (Phi) is 2.81. The summed E-state index contributed by atoms with van der Waals surface area (Å²) in [7, 11) is 0. The van der Waals surface area contributed by atoms with Crippen molar-refractivity contribution in [3.63, 3.8) is 0 Å². The standard InChI is InChI=1S/C7H4ClF3O/c8-4-1-2-5(9)6(3-4)12-7(10)11/h1-3,7H. The second kappa shape index (κ2) is 3.67. The fraction of sp³-hybridized carbons (Fsp3) is 0.143. The van der Waals surface area contributed by atoms with Crippen LogP contribution in [-0.4, -0.2) is 6.61 Å². The van der Waals surface area contributed by atoms with E-state index in [2.05, 4.69) is 4.74 Å². The van der Waals surface area contributed by atoms with Gasteiger partial charge in [-0.2, -0.15) is 8.78 Å². The number of halogens is 4. The Morgan fingerprint density at radius 2 is 2.00 bits per heavy atom. The number of rotatable bonds is 2. The highest BCUT2D eigenvalue weighted by Gasteiger charge is 2.09. The first-order valence-corrected chi connectivity index (χ1v) is 3.37. The van der Waals surface area contributed by atoms with E-state index in [0.29, 0.717) is 0 Å². The molecular formula is C7H4ClF3O. The molecule has 1 rings (SSSR count). The Morgan fingerprint density at radius 3 is 2.58 bits per heavy atom. The molecule has 0 radical (unpaired) electrons. The Hall–Kier alpha value is -0.900. The lowest BCUT2D eigenvalue weighted by molar-refractivity contribution is -0.0521. The number of ether oxygens (including phenoxy) is 1. The Bertz CT molecular complexity index is 277. The minimum absolute atomic E-state index is 0.145. The van der Waals surface area contributed by atoms with E-state index in [0.717, 1.165) is 12.1 Å². The molecule has 0 N–H and O–H groups in total. The molecule has 5 heteroatoms.